The number of anilines is 2. The molecule has 0 fully saturated rings. The minimum absolute atomic E-state index is 0.264. The highest BCUT2D eigenvalue weighted by Gasteiger charge is 2.10. The van der Waals surface area contributed by atoms with Gasteiger partial charge in [-0.2, -0.15) is 0 Å². The van der Waals surface area contributed by atoms with Crippen LogP contribution in [-0.2, 0) is 0 Å². The van der Waals surface area contributed by atoms with Crippen molar-refractivity contribution in [2.24, 2.45) is 0 Å². The number of nitrogen functional groups attached to an aromatic ring is 1. The molecule has 1 aromatic carbocycles. The van der Waals surface area contributed by atoms with Gasteiger partial charge in [-0.3, -0.25) is 4.79 Å². The quantitative estimate of drug-likeness (QED) is 0.838. The Kier molecular flexibility index (Phi) is 4.20. The number of nitrogens with two attached hydrogens (primary N) is 1. The summed E-state index contributed by atoms with van der Waals surface area (Å²) in [5, 5.41) is 2.76. The van der Waals surface area contributed by atoms with Gasteiger partial charge in [0, 0.05) is 23.5 Å². The van der Waals surface area contributed by atoms with Gasteiger partial charge in [-0.15, -0.1) is 0 Å². The summed E-state index contributed by atoms with van der Waals surface area (Å²) in [6.45, 7) is 4.28. The number of aryl methyl sites for hydroxylation is 1. The Hall–Kier alpha value is -2.56. The van der Waals surface area contributed by atoms with E-state index in [9.17, 15) is 4.79 Å². The van der Waals surface area contributed by atoms with Crippen LogP contribution >= 0.6 is 0 Å². The molecule has 0 aliphatic rings. The van der Waals surface area contributed by atoms with Gasteiger partial charge in [0.1, 0.15) is 11.6 Å². The molecule has 1 aromatic heterocycles. The summed E-state index contributed by atoms with van der Waals surface area (Å²) in [6.07, 6.45) is 1.63. The molecule has 3 N–H and O–H groups in total. The van der Waals surface area contributed by atoms with Crippen LogP contribution in [0.4, 0.5) is 11.5 Å². The molecule has 5 nitrogen and oxygen atoms in total. The van der Waals surface area contributed by atoms with Crippen molar-refractivity contribution in [1.29, 1.82) is 0 Å². The van der Waals surface area contributed by atoms with Crippen LogP contribution in [0.3, 0.4) is 0 Å². The van der Waals surface area contributed by atoms with Crippen LogP contribution in [0.2, 0.25) is 0 Å². The van der Waals surface area contributed by atoms with E-state index in [2.05, 4.69) is 10.3 Å². The average molecular weight is 271 g/mol. The van der Waals surface area contributed by atoms with E-state index in [0.717, 1.165) is 5.56 Å². The van der Waals surface area contributed by atoms with Gasteiger partial charge in [-0.1, -0.05) is 6.07 Å². The molecule has 20 heavy (non-hydrogen) atoms. The summed E-state index contributed by atoms with van der Waals surface area (Å²) in [5.74, 6) is 0.855. The lowest BCUT2D eigenvalue weighted by Gasteiger charge is -2.09. The molecular weight excluding hydrogens is 254 g/mol. The summed E-state index contributed by atoms with van der Waals surface area (Å²) in [7, 11) is 0. The zero-order chi connectivity index (χ0) is 14.5. The molecule has 0 saturated heterocycles. The van der Waals surface area contributed by atoms with Crippen LogP contribution in [0.1, 0.15) is 22.8 Å². The van der Waals surface area contributed by atoms with Crippen LogP contribution in [0, 0.1) is 6.92 Å². The van der Waals surface area contributed by atoms with Crippen LogP contribution in [-0.4, -0.2) is 17.5 Å². The molecule has 1 heterocycles. The van der Waals surface area contributed by atoms with E-state index in [4.69, 9.17) is 10.5 Å². The first-order valence-corrected chi connectivity index (χ1v) is 6.36. The zero-order valence-corrected chi connectivity index (χ0v) is 11.5. The maximum atomic E-state index is 12.2. The molecule has 104 valence electrons. The van der Waals surface area contributed by atoms with Crippen molar-refractivity contribution < 1.29 is 9.53 Å². The van der Waals surface area contributed by atoms with E-state index in [-0.39, 0.29) is 5.91 Å². The number of hydrogen-bond donors (Lipinski definition) is 2. The third-order valence-electron chi connectivity index (χ3n) is 2.74. The lowest BCUT2D eigenvalue weighted by molar-refractivity contribution is 0.102. The third kappa shape index (κ3) is 3.26. The molecule has 0 aliphatic carbocycles. The predicted octanol–water partition coefficient (Wildman–Crippen LogP) is 2.62. The van der Waals surface area contributed by atoms with E-state index in [0.29, 0.717) is 29.4 Å². The molecule has 0 spiro atoms. The Labute approximate surface area is 117 Å². The Morgan fingerprint density at radius 2 is 2.20 bits per heavy atom. The molecule has 1 amide bonds. The summed E-state index contributed by atoms with van der Waals surface area (Å²) >= 11 is 0. The molecule has 2 aromatic rings. The van der Waals surface area contributed by atoms with Crippen molar-refractivity contribution in [2.75, 3.05) is 17.7 Å². The molecule has 0 aliphatic heterocycles. The van der Waals surface area contributed by atoms with E-state index >= 15 is 0 Å². The smallest absolute Gasteiger partial charge is 0.257 e. The lowest BCUT2D eigenvalue weighted by Crippen LogP contribution is -2.14. The maximum absolute atomic E-state index is 12.2. The van der Waals surface area contributed by atoms with Gasteiger partial charge in [-0.05, 0) is 37.6 Å². The van der Waals surface area contributed by atoms with Crippen molar-refractivity contribution >= 4 is 17.4 Å². The number of carbonyl (C=O) groups excluding carboxylic acids is 1. The number of carbonyl (C=O) groups is 1. The van der Waals surface area contributed by atoms with Gasteiger partial charge in [0.2, 0.25) is 0 Å². The second kappa shape index (κ2) is 6.06. The number of benzene rings is 1. The van der Waals surface area contributed by atoms with Crippen molar-refractivity contribution in [3.63, 3.8) is 0 Å². The highest BCUT2D eigenvalue weighted by Crippen LogP contribution is 2.20. The molecule has 0 unspecified atom stereocenters. The SMILES string of the molecule is CCOc1cc(N)cc(C(=O)Nc2ncccc2C)c1. The second-order valence-corrected chi connectivity index (χ2v) is 4.35. The van der Waals surface area contributed by atoms with Crippen LogP contribution in [0.25, 0.3) is 0 Å². The van der Waals surface area contributed by atoms with E-state index in [1.807, 2.05) is 26.0 Å². The first-order chi connectivity index (χ1) is 9.60. The minimum Gasteiger partial charge on any atom is -0.494 e. The predicted molar refractivity (Wildman–Crippen MR) is 79.0 cm³/mol. The summed E-state index contributed by atoms with van der Waals surface area (Å²) < 4.78 is 5.38. The van der Waals surface area contributed by atoms with Gasteiger partial charge in [0.15, 0.2) is 0 Å². The number of aromatic nitrogens is 1. The Morgan fingerprint density at radius 1 is 1.40 bits per heavy atom. The van der Waals surface area contributed by atoms with E-state index in [1.165, 1.54) is 0 Å². The van der Waals surface area contributed by atoms with Gasteiger partial charge in [0.25, 0.3) is 5.91 Å². The number of nitrogens with one attached hydrogen (secondary N) is 1. The normalized spacial score (nSPS) is 10.1. The topological polar surface area (TPSA) is 77.2 Å². The first-order valence-electron chi connectivity index (χ1n) is 6.36. The highest BCUT2D eigenvalue weighted by molar-refractivity contribution is 6.04. The summed E-state index contributed by atoms with van der Waals surface area (Å²) in [6, 6.07) is 8.65. The highest BCUT2D eigenvalue weighted by atomic mass is 16.5. The average Bonchev–Trinajstić information content (AvgIpc) is 2.41. The fraction of sp³-hybridized carbons (Fsp3) is 0.200. The molecule has 0 radical (unpaired) electrons. The van der Waals surface area contributed by atoms with Crippen LogP contribution in [0.15, 0.2) is 36.5 Å². The standard InChI is InChI=1S/C15H17N3O2/c1-3-20-13-8-11(7-12(16)9-13)15(19)18-14-10(2)5-4-6-17-14/h4-9H,3,16H2,1-2H3,(H,17,18,19). The molecule has 2 rings (SSSR count). The minimum atomic E-state index is -0.264. The number of pyridine rings is 1. The van der Waals surface area contributed by atoms with Gasteiger partial charge in [0.05, 0.1) is 6.61 Å². The number of nitrogens with zero attached hydrogens (tertiary/aromatic N) is 1. The zero-order valence-electron chi connectivity index (χ0n) is 11.5. The Balaban J connectivity index is 2.23. The van der Waals surface area contributed by atoms with E-state index < -0.39 is 0 Å². The molecule has 0 saturated carbocycles. The molecule has 5 heteroatoms. The Morgan fingerprint density at radius 3 is 2.90 bits per heavy atom. The Bertz CT molecular complexity index is 626. The maximum Gasteiger partial charge on any atom is 0.257 e. The first kappa shape index (κ1) is 13.9. The van der Waals surface area contributed by atoms with Crippen molar-refractivity contribution in [1.82, 2.24) is 4.98 Å². The summed E-state index contributed by atoms with van der Waals surface area (Å²) in [5.41, 5.74) is 7.60. The van der Waals surface area contributed by atoms with E-state index in [1.54, 1.807) is 24.4 Å². The molecule has 0 bridgehead atoms. The number of ether oxygens (including phenoxy) is 1. The van der Waals surface area contributed by atoms with Gasteiger partial charge >= 0.3 is 0 Å². The summed E-state index contributed by atoms with van der Waals surface area (Å²) in [4.78, 5) is 16.3. The second-order valence-electron chi connectivity index (χ2n) is 4.35. The molecular formula is C15H17N3O2. The van der Waals surface area contributed by atoms with Crippen LogP contribution < -0.4 is 15.8 Å². The fourth-order valence-corrected chi connectivity index (χ4v) is 1.80. The molecule has 0 atom stereocenters. The monoisotopic (exact) mass is 271 g/mol. The van der Waals surface area contributed by atoms with Gasteiger partial charge in [-0.25, -0.2) is 4.98 Å². The third-order valence-corrected chi connectivity index (χ3v) is 2.74. The van der Waals surface area contributed by atoms with Crippen molar-refractivity contribution in [3.8, 4) is 5.75 Å². The number of amides is 1. The van der Waals surface area contributed by atoms with Crippen molar-refractivity contribution in [2.45, 2.75) is 13.8 Å². The van der Waals surface area contributed by atoms with Gasteiger partial charge < -0.3 is 15.8 Å². The number of hydrogen-bond acceptors (Lipinski definition) is 4. The van der Waals surface area contributed by atoms with Crippen molar-refractivity contribution in [3.05, 3.63) is 47.7 Å². The fourth-order valence-electron chi connectivity index (χ4n) is 1.80. The van der Waals surface area contributed by atoms with Crippen LogP contribution in [0.5, 0.6) is 5.75 Å². The largest absolute Gasteiger partial charge is 0.494 e. The number of rotatable bonds is 4. The lowest BCUT2D eigenvalue weighted by atomic mass is 10.1.